The molecule has 1 aliphatic rings. The summed E-state index contributed by atoms with van der Waals surface area (Å²) in [6.45, 7) is 3.50. The van der Waals surface area contributed by atoms with E-state index >= 15 is 0 Å². The number of nitrogens with zero attached hydrogens (tertiary/aromatic N) is 2. The van der Waals surface area contributed by atoms with Gasteiger partial charge in [0.1, 0.15) is 5.56 Å². The summed E-state index contributed by atoms with van der Waals surface area (Å²) < 4.78 is 5.36. The Hall–Kier alpha value is -2.58. The lowest BCUT2D eigenvalue weighted by Gasteiger charge is -2.28. The molecule has 1 saturated heterocycles. The van der Waals surface area contributed by atoms with Gasteiger partial charge >= 0.3 is 0 Å². The molecule has 0 aromatic heterocycles. The van der Waals surface area contributed by atoms with E-state index in [1.165, 1.54) is 17.8 Å². The number of hydrogen-bond donors (Lipinski definition) is 1. The third-order valence-corrected chi connectivity index (χ3v) is 5.14. The lowest BCUT2D eigenvalue weighted by molar-refractivity contribution is -0.385. The monoisotopic (exact) mass is 387 g/mol. The Morgan fingerprint density at radius 3 is 2.56 bits per heavy atom. The van der Waals surface area contributed by atoms with Crippen molar-refractivity contribution in [1.82, 2.24) is 5.32 Å². The Labute approximate surface area is 161 Å². The number of benzene rings is 2. The minimum absolute atomic E-state index is 0.0804. The summed E-state index contributed by atoms with van der Waals surface area (Å²) in [4.78, 5) is 26.2. The molecule has 0 bridgehead atoms. The van der Waals surface area contributed by atoms with E-state index in [1.807, 2.05) is 30.5 Å². The molecule has 0 saturated carbocycles. The van der Waals surface area contributed by atoms with Crippen LogP contribution in [0.1, 0.15) is 15.9 Å². The van der Waals surface area contributed by atoms with Gasteiger partial charge < -0.3 is 15.0 Å². The topological polar surface area (TPSA) is 84.7 Å². The van der Waals surface area contributed by atoms with Crippen LogP contribution in [0.3, 0.4) is 0 Å². The fraction of sp³-hybridized carbons (Fsp3) is 0.316. The van der Waals surface area contributed by atoms with Crippen LogP contribution in [0.5, 0.6) is 0 Å². The number of amides is 1. The molecule has 1 aliphatic heterocycles. The van der Waals surface area contributed by atoms with Crippen LogP contribution in [-0.4, -0.2) is 43.4 Å². The van der Waals surface area contributed by atoms with Crippen LogP contribution >= 0.6 is 11.8 Å². The molecule has 0 spiro atoms. The average Bonchev–Trinajstić information content (AvgIpc) is 2.72. The Kier molecular flexibility index (Phi) is 6.31. The Bertz CT molecular complexity index is 820. The highest BCUT2D eigenvalue weighted by Crippen LogP contribution is 2.25. The van der Waals surface area contributed by atoms with Crippen LogP contribution < -0.4 is 10.2 Å². The SMILES string of the molecule is CSc1ccc([N+](=O)[O-])c(C(=O)NCc2ccc(N3CCOCC3)cc2)c1. The number of nitro benzene ring substituents is 1. The summed E-state index contributed by atoms with van der Waals surface area (Å²) in [5.74, 6) is -0.449. The van der Waals surface area contributed by atoms with E-state index in [-0.39, 0.29) is 11.3 Å². The van der Waals surface area contributed by atoms with Gasteiger partial charge in [0.15, 0.2) is 0 Å². The number of hydrogen-bond acceptors (Lipinski definition) is 6. The van der Waals surface area contributed by atoms with Gasteiger partial charge in [-0.3, -0.25) is 14.9 Å². The van der Waals surface area contributed by atoms with Gasteiger partial charge in [-0.25, -0.2) is 0 Å². The van der Waals surface area contributed by atoms with Crippen molar-refractivity contribution in [3.05, 3.63) is 63.7 Å². The molecule has 0 radical (unpaired) electrons. The quantitative estimate of drug-likeness (QED) is 0.466. The van der Waals surface area contributed by atoms with E-state index in [9.17, 15) is 14.9 Å². The number of thioether (sulfide) groups is 1. The first-order valence-electron chi connectivity index (χ1n) is 8.61. The predicted octanol–water partition coefficient (Wildman–Crippen LogP) is 3.08. The molecule has 0 atom stereocenters. The normalized spacial score (nSPS) is 14.0. The van der Waals surface area contributed by atoms with E-state index < -0.39 is 10.8 Å². The molecule has 27 heavy (non-hydrogen) atoms. The highest BCUT2D eigenvalue weighted by Gasteiger charge is 2.20. The Morgan fingerprint density at radius 2 is 1.93 bits per heavy atom. The lowest BCUT2D eigenvalue weighted by Crippen LogP contribution is -2.36. The summed E-state index contributed by atoms with van der Waals surface area (Å²) in [6.07, 6.45) is 1.86. The summed E-state index contributed by atoms with van der Waals surface area (Å²) in [7, 11) is 0. The zero-order valence-corrected chi connectivity index (χ0v) is 15.8. The molecule has 2 aromatic rings. The van der Waals surface area contributed by atoms with Crippen molar-refractivity contribution in [3.63, 3.8) is 0 Å². The molecular formula is C19H21N3O4S. The molecule has 3 rings (SSSR count). The highest BCUT2D eigenvalue weighted by atomic mass is 32.2. The van der Waals surface area contributed by atoms with Crippen molar-refractivity contribution in [2.75, 3.05) is 37.5 Å². The van der Waals surface area contributed by atoms with Crippen LogP contribution in [0, 0.1) is 10.1 Å². The molecule has 1 fully saturated rings. The van der Waals surface area contributed by atoms with E-state index in [0.29, 0.717) is 6.54 Å². The third-order valence-electron chi connectivity index (χ3n) is 4.41. The van der Waals surface area contributed by atoms with Crippen LogP contribution in [0.2, 0.25) is 0 Å². The number of nitro groups is 1. The van der Waals surface area contributed by atoms with Crippen molar-refractivity contribution < 1.29 is 14.5 Å². The fourth-order valence-corrected chi connectivity index (χ4v) is 3.35. The molecule has 142 valence electrons. The second-order valence-electron chi connectivity index (χ2n) is 6.09. The van der Waals surface area contributed by atoms with E-state index in [0.717, 1.165) is 42.4 Å². The molecule has 0 aliphatic carbocycles. The summed E-state index contributed by atoms with van der Waals surface area (Å²) >= 11 is 1.43. The van der Waals surface area contributed by atoms with Gasteiger partial charge in [-0.05, 0) is 36.1 Å². The standard InChI is InChI=1S/C19H21N3O4S/c1-27-16-6-7-18(22(24)25)17(12-16)19(23)20-13-14-2-4-15(5-3-14)21-8-10-26-11-9-21/h2-7,12H,8-11,13H2,1H3,(H,20,23). The molecule has 2 aromatic carbocycles. The highest BCUT2D eigenvalue weighted by molar-refractivity contribution is 7.98. The van der Waals surface area contributed by atoms with Gasteiger partial charge in [0, 0.05) is 36.3 Å². The predicted molar refractivity (Wildman–Crippen MR) is 106 cm³/mol. The molecule has 1 amide bonds. The molecule has 1 heterocycles. The van der Waals surface area contributed by atoms with Gasteiger partial charge in [-0.1, -0.05) is 12.1 Å². The third kappa shape index (κ3) is 4.78. The summed E-state index contributed by atoms with van der Waals surface area (Å²) in [5.41, 5.74) is 1.95. The van der Waals surface area contributed by atoms with Gasteiger partial charge in [0.05, 0.1) is 18.1 Å². The van der Waals surface area contributed by atoms with E-state index in [4.69, 9.17) is 4.74 Å². The number of carbonyl (C=O) groups is 1. The summed E-state index contributed by atoms with van der Waals surface area (Å²) in [6, 6.07) is 12.5. The average molecular weight is 387 g/mol. The van der Waals surface area contributed by atoms with Gasteiger partial charge in [0.25, 0.3) is 11.6 Å². The minimum Gasteiger partial charge on any atom is -0.378 e. The van der Waals surface area contributed by atoms with Gasteiger partial charge in [0.2, 0.25) is 0 Å². The van der Waals surface area contributed by atoms with Crippen molar-refractivity contribution >= 4 is 29.0 Å². The Morgan fingerprint density at radius 1 is 1.22 bits per heavy atom. The minimum atomic E-state index is -0.532. The number of rotatable bonds is 6. The first-order valence-corrected chi connectivity index (χ1v) is 9.83. The first kappa shape index (κ1) is 19.2. The van der Waals surface area contributed by atoms with Crippen LogP contribution in [0.4, 0.5) is 11.4 Å². The van der Waals surface area contributed by atoms with Crippen LogP contribution in [0.25, 0.3) is 0 Å². The number of nitrogens with one attached hydrogen (secondary N) is 1. The molecule has 1 N–H and O–H groups in total. The maximum Gasteiger partial charge on any atom is 0.282 e. The lowest BCUT2D eigenvalue weighted by atomic mass is 10.1. The second-order valence-corrected chi connectivity index (χ2v) is 6.97. The number of morpholine rings is 1. The fourth-order valence-electron chi connectivity index (χ4n) is 2.91. The smallest absolute Gasteiger partial charge is 0.282 e. The van der Waals surface area contributed by atoms with Gasteiger partial charge in [-0.15, -0.1) is 11.8 Å². The maximum absolute atomic E-state index is 12.5. The molecular weight excluding hydrogens is 366 g/mol. The van der Waals surface area contributed by atoms with Crippen molar-refractivity contribution in [2.24, 2.45) is 0 Å². The largest absolute Gasteiger partial charge is 0.378 e. The zero-order chi connectivity index (χ0) is 19.2. The zero-order valence-electron chi connectivity index (χ0n) is 15.0. The number of ether oxygens (including phenoxy) is 1. The molecule has 0 unspecified atom stereocenters. The van der Waals surface area contributed by atoms with E-state index in [1.54, 1.807) is 12.1 Å². The first-order chi connectivity index (χ1) is 13.1. The van der Waals surface area contributed by atoms with Gasteiger partial charge in [-0.2, -0.15) is 0 Å². The van der Waals surface area contributed by atoms with Crippen molar-refractivity contribution in [1.29, 1.82) is 0 Å². The second kappa shape index (κ2) is 8.88. The number of anilines is 1. The van der Waals surface area contributed by atoms with Crippen LogP contribution in [-0.2, 0) is 11.3 Å². The van der Waals surface area contributed by atoms with Crippen LogP contribution in [0.15, 0.2) is 47.4 Å². The maximum atomic E-state index is 12.5. The molecule has 8 heteroatoms. The van der Waals surface area contributed by atoms with E-state index in [2.05, 4.69) is 10.2 Å². The molecule has 7 nitrogen and oxygen atoms in total. The van der Waals surface area contributed by atoms with Crippen molar-refractivity contribution in [2.45, 2.75) is 11.4 Å². The number of carbonyl (C=O) groups excluding carboxylic acids is 1. The Balaban J connectivity index is 1.66. The summed E-state index contributed by atoms with van der Waals surface area (Å²) in [5, 5.41) is 14.0. The van der Waals surface area contributed by atoms with Crippen molar-refractivity contribution in [3.8, 4) is 0 Å².